The molecule has 0 aliphatic heterocycles. The van der Waals surface area contributed by atoms with Gasteiger partial charge in [0, 0.05) is 17.5 Å². The van der Waals surface area contributed by atoms with Gasteiger partial charge in [0.25, 0.3) is 5.56 Å². The monoisotopic (exact) mass is 324 g/mol. The Balaban J connectivity index is 1.59. The fraction of sp³-hybridized carbons (Fsp3) is 0.250. The van der Waals surface area contributed by atoms with Crippen LogP contribution in [0.4, 0.5) is 0 Å². The van der Waals surface area contributed by atoms with E-state index in [1.165, 1.54) is 11.3 Å². The maximum atomic E-state index is 12.7. The number of fused-ring (bicyclic) bond motifs is 3. The van der Waals surface area contributed by atoms with Gasteiger partial charge in [0.15, 0.2) is 5.89 Å². The van der Waals surface area contributed by atoms with Crippen LogP contribution in [0.15, 0.2) is 40.1 Å². The first-order valence-electron chi connectivity index (χ1n) is 7.46. The zero-order chi connectivity index (χ0) is 15.4. The normalized spacial score (nSPS) is 14.8. The van der Waals surface area contributed by atoms with Gasteiger partial charge < -0.3 is 4.42 Å². The highest BCUT2D eigenvalue weighted by atomic mass is 32.1. The summed E-state index contributed by atoms with van der Waals surface area (Å²) >= 11 is 1.38. The predicted octanol–water partition coefficient (Wildman–Crippen LogP) is 2.92. The zero-order valence-corrected chi connectivity index (χ0v) is 12.9. The molecular weight excluding hydrogens is 312 g/mol. The van der Waals surface area contributed by atoms with Crippen LogP contribution in [0.1, 0.15) is 30.3 Å². The fourth-order valence-electron chi connectivity index (χ4n) is 2.70. The highest BCUT2D eigenvalue weighted by Crippen LogP contribution is 2.39. The number of rotatable bonds is 3. The molecule has 0 saturated heterocycles. The third kappa shape index (κ3) is 2.08. The molecule has 0 spiro atoms. The Morgan fingerprint density at radius 3 is 3.13 bits per heavy atom. The summed E-state index contributed by atoms with van der Waals surface area (Å²) in [6.07, 6.45) is 7.22. The van der Waals surface area contributed by atoms with Gasteiger partial charge >= 0.3 is 0 Å². The lowest BCUT2D eigenvalue weighted by Crippen LogP contribution is -2.20. The molecule has 7 heteroatoms. The Morgan fingerprint density at radius 2 is 2.26 bits per heavy atom. The summed E-state index contributed by atoms with van der Waals surface area (Å²) in [5, 5.41) is 0.925. The fourth-order valence-corrected chi connectivity index (χ4v) is 3.75. The van der Waals surface area contributed by atoms with Gasteiger partial charge in [-0.15, -0.1) is 11.3 Å². The summed E-state index contributed by atoms with van der Waals surface area (Å²) < 4.78 is 7.69. The van der Waals surface area contributed by atoms with Crippen molar-refractivity contribution in [1.29, 1.82) is 0 Å². The predicted molar refractivity (Wildman–Crippen MR) is 86.8 cm³/mol. The maximum Gasteiger partial charge on any atom is 0.271 e. The molecule has 114 valence electrons. The summed E-state index contributed by atoms with van der Waals surface area (Å²) in [5.74, 6) is 1.25. The number of pyridine rings is 1. The van der Waals surface area contributed by atoms with Crippen LogP contribution in [0.2, 0.25) is 0 Å². The standard InChI is InChI=1S/C16H12N4O2S/c21-16-13-12(11-2-1-5-17-15(11)23-13)18-8-20(16)6-10-7-22-14(19-10)9-3-4-9/h1-2,5,7-9H,3-4,6H2. The second-order valence-electron chi connectivity index (χ2n) is 5.76. The molecule has 0 radical (unpaired) electrons. The SMILES string of the molecule is O=c1c2sc3ncccc3c2ncn1Cc1coc(C2CC2)n1. The number of thiophene rings is 1. The highest BCUT2D eigenvalue weighted by molar-refractivity contribution is 7.25. The molecule has 1 saturated carbocycles. The van der Waals surface area contributed by atoms with Crippen molar-refractivity contribution >= 4 is 31.8 Å². The van der Waals surface area contributed by atoms with Gasteiger partial charge in [-0.25, -0.2) is 15.0 Å². The number of nitrogens with zero attached hydrogens (tertiary/aromatic N) is 4. The third-order valence-corrected chi connectivity index (χ3v) is 5.14. The van der Waals surface area contributed by atoms with E-state index in [1.54, 1.807) is 23.4 Å². The van der Waals surface area contributed by atoms with Crippen molar-refractivity contribution in [3.63, 3.8) is 0 Å². The van der Waals surface area contributed by atoms with Gasteiger partial charge in [-0.2, -0.15) is 0 Å². The minimum absolute atomic E-state index is 0.0611. The molecule has 4 aromatic heterocycles. The molecule has 4 heterocycles. The summed E-state index contributed by atoms with van der Waals surface area (Å²) in [6.45, 7) is 0.375. The quantitative estimate of drug-likeness (QED) is 0.579. The van der Waals surface area contributed by atoms with E-state index < -0.39 is 0 Å². The maximum absolute atomic E-state index is 12.7. The zero-order valence-electron chi connectivity index (χ0n) is 12.1. The molecular formula is C16H12N4O2S. The summed E-state index contributed by atoms with van der Waals surface area (Å²) in [6, 6.07) is 3.80. The summed E-state index contributed by atoms with van der Waals surface area (Å²) in [7, 11) is 0. The van der Waals surface area contributed by atoms with Crippen LogP contribution >= 0.6 is 11.3 Å². The molecule has 1 aliphatic carbocycles. The van der Waals surface area contributed by atoms with Crippen molar-refractivity contribution in [2.75, 3.05) is 0 Å². The first-order chi connectivity index (χ1) is 11.3. The minimum Gasteiger partial charge on any atom is -0.448 e. The van der Waals surface area contributed by atoms with Crippen molar-refractivity contribution in [3.05, 3.63) is 52.9 Å². The number of hydrogen-bond donors (Lipinski definition) is 0. The smallest absolute Gasteiger partial charge is 0.271 e. The third-order valence-electron chi connectivity index (χ3n) is 4.05. The van der Waals surface area contributed by atoms with Gasteiger partial charge in [0.2, 0.25) is 0 Å². The van der Waals surface area contributed by atoms with Crippen LogP contribution in [-0.4, -0.2) is 19.5 Å². The minimum atomic E-state index is -0.0611. The van der Waals surface area contributed by atoms with Crippen molar-refractivity contribution in [2.45, 2.75) is 25.3 Å². The highest BCUT2D eigenvalue weighted by Gasteiger charge is 2.28. The average molecular weight is 324 g/mol. The lowest BCUT2D eigenvalue weighted by molar-refractivity contribution is 0.496. The van der Waals surface area contributed by atoms with Crippen LogP contribution in [0.5, 0.6) is 0 Å². The Bertz CT molecular complexity index is 1090. The van der Waals surface area contributed by atoms with E-state index in [-0.39, 0.29) is 5.56 Å². The second kappa shape index (κ2) is 4.73. The van der Waals surface area contributed by atoms with Gasteiger partial charge in [-0.1, -0.05) is 0 Å². The molecule has 0 N–H and O–H groups in total. The number of aromatic nitrogens is 4. The van der Waals surface area contributed by atoms with E-state index in [2.05, 4.69) is 15.0 Å². The molecule has 5 rings (SSSR count). The molecule has 1 aliphatic rings. The van der Waals surface area contributed by atoms with Gasteiger partial charge in [0.05, 0.1) is 24.1 Å². The number of hydrogen-bond acceptors (Lipinski definition) is 6. The van der Waals surface area contributed by atoms with E-state index in [9.17, 15) is 4.79 Å². The Hall–Kier alpha value is -2.54. The van der Waals surface area contributed by atoms with Crippen LogP contribution in [0.25, 0.3) is 20.4 Å². The van der Waals surface area contributed by atoms with Gasteiger partial charge in [-0.05, 0) is 25.0 Å². The topological polar surface area (TPSA) is 73.8 Å². The average Bonchev–Trinajstić information content (AvgIpc) is 3.19. The number of oxazole rings is 1. The van der Waals surface area contributed by atoms with E-state index in [4.69, 9.17) is 4.42 Å². The van der Waals surface area contributed by atoms with Gasteiger partial charge in [0.1, 0.15) is 15.8 Å². The lowest BCUT2D eigenvalue weighted by atomic mass is 10.3. The second-order valence-corrected chi connectivity index (χ2v) is 6.76. The van der Waals surface area contributed by atoms with E-state index >= 15 is 0 Å². The van der Waals surface area contributed by atoms with Crippen LogP contribution < -0.4 is 5.56 Å². The van der Waals surface area contributed by atoms with E-state index in [0.29, 0.717) is 17.2 Å². The molecule has 0 unspecified atom stereocenters. The summed E-state index contributed by atoms with van der Waals surface area (Å²) in [4.78, 5) is 26.8. The Morgan fingerprint density at radius 1 is 1.35 bits per heavy atom. The van der Waals surface area contributed by atoms with Crippen LogP contribution in [0.3, 0.4) is 0 Å². The molecule has 0 aromatic carbocycles. The van der Waals surface area contributed by atoms with Crippen molar-refractivity contribution < 1.29 is 4.42 Å². The van der Waals surface area contributed by atoms with E-state index in [1.807, 2.05) is 12.1 Å². The molecule has 0 amide bonds. The van der Waals surface area contributed by atoms with Crippen LogP contribution in [0, 0.1) is 0 Å². The van der Waals surface area contributed by atoms with Gasteiger partial charge in [-0.3, -0.25) is 9.36 Å². The van der Waals surface area contributed by atoms with Crippen LogP contribution in [-0.2, 0) is 6.54 Å². The molecule has 4 aromatic rings. The lowest BCUT2D eigenvalue weighted by Gasteiger charge is -2.01. The molecule has 0 atom stereocenters. The van der Waals surface area contributed by atoms with Crippen molar-refractivity contribution in [3.8, 4) is 0 Å². The Kier molecular flexibility index (Phi) is 2.66. The molecule has 0 bridgehead atoms. The molecule has 23 heavy (non-hydrogen) atoms. The van der Waals surface area contributed by atoms with E-state index in [0.717, 1.165) is 40.2 Å². The molecule has 1 fully saturated rings. The Labute approximate surface area is 134 Å². The largest absolute Gasteiger partial charge is 0.448 e. The van der Waals surface area contributed by atoms with Crippen molar-refractivity contribution in [1.82, 2.24) is 19.5 Å². The molecule has 6 nitrogen and oxygen atoms in total. The summed E-state index contributed by atoms with van der Waals surface area (Å²) in [5.41, 5.74) is 1.42. The van der Waals surface area contributed by atoms with Crippen molar-refractivity contribution in [2.24, 2.45) is 0 Å². The first kappa shape index (κ1) is 13.0. The first-order valence-corrected chi connectivity index (χ1v) is 8.28.